The van der Waals surface area contributed by atoms with E-state index in [1.165, 1.54) is 35.2 Å². The van der Waals surface area contributed by atoms with Crippen molar-refractivity contribution in [1.29, 1.82) is 0 Å². The molecule has 0 spiro atoms. The lowest BCUT2D eigenvalue weighted by Crippen LogP contribution is -2.20. The minimum Gasteiger partial charge on any atom is -0.481 e. The first kappa shape index (κ1) is 25.2. The van der Waals surface area contributed by atoms with Crippen molar-refractivity contribution in [3.05, 3.63) is 95.6 Å². The quantitative estimate of drug-likeness (QED) is 0.255. The number of hydrogen-bond acceptors (Lipinski definition) is 5. The topological polar surface area (TPSA) is 85.6 Å². The van der Waals surface area contributed by atoms with Gasteiger partial charge in [0, 0.05) is 10.2 Å². The molecule has 1 aromatic heterocycles. The molecule has 0 saturated heterocycles. The first-order chi connectivity index (χ1) is 16.7. The van der Waals surface area contributed by atoms with Crippen LogP contribution in [0.2, 0.25) is 0 Å². The number of halogens is 4. The highest BCUT2D eigenvalue weighted by Crippen LogP contribution is 2.34. The zero-order valence-electron chi connectivity index (χ0n) is 18.1. The van der Waals surface area contributed by atoms with Crippen LogP contribution in [0.15, 0.2) is 77.9 Å². The second kappa shape index (κ2) is 10.8. The number of aromatic nitrogens is 2. The lowest BCUT2D eigenvalue weighted by atomic mass is 10.2. The second-order valence-corrected chi connectivity index (χ2v) is 9.96. The highest BCUT2D eigenvalue weighted by Gasteiger charge is 2.12. The number of carbonyl (C=O) groups excluding carboxylic acids is 1. The van der Waals surface area contributed by atoms with E-state index in [0.29, 0.717) is 42.7 Å². The van der Waals surface area contributed by atoms with Crippen LogP contribution < -0.4 is 15.6 Å². The zero-order valence-corrected chi connectivity index (χ0v) is 22.8. The minimum atomic E-state index is -0.397. The molecule has 7 nitrogen and oxygen atoms in total. The average molecular weight is 667 g/mol. The summed E-state index contributed by atoms with van der Waals surface area (Å²) in [6.45, 7) is 1.45. The van der Waals surface area contributed by atoms with Gasteiger partial charge in [0.05, 0.1) is 26.1 Å². The highest BCUT2D eigenvalue weighted by molar-refractivity contribution is 9.11. The third kappa shape index (κ3) is 6.03. The van der Waals surface area contributed by atoms with Gasteiger partial charge in [-0.3, -0.25) is 9.59 Å². The summed E-state index contributed by atoms with van der Waals surface area (Å²) in [4.78, 5) is 29.5. The standard InChI is InChI=1S/C24H16Br3FN4O3/c1-13-30-21-7-2-15(25)10-18(21)24(34)32(13)29-11-14-8-19(26)23(20(27)9-14)35-12-22(33)31-17-5-3-16(28)4-6-17/h2-11H,12H2,1H3,(H,31,33). The Morgan fingerprint density at radius 1 is 1.11 bits per heavy atom. The van der Waals surface area contributed by atoms with Crippen molar-refractivity contribution in [2.24, 2.45) is 5.10 Å². The van der Waals surface area contributed by atoms with Gasteiger partial charge in [-0.05, 0) is 98.9 Å². The number of anilines is 1. The number of carbonyl (C=O) groups is 1. The van der Waals surface area contributed by atoms with Gasteiger partial charge in [-0.2, -0.15) is 9.78 Å². The molecule has 0 radical (unpaired) electrons. The normalized spacial score (nSPS) is 11.2. The molecule has 3 aromatic carbocycles. The van der Waals surface area contributed by atoms with Crippen LogP contribution in [0.1, 0.15) is 11.4 Å². The number of benzene rings is 3. The summed E-state index contributed by atoms with van der Waals surface area (Å²) >= 11 is 10.3. The Morgan fingerprint density at radius 2 is 1.80 bits per heavy atom. The van der Waals surface area contributed by atoms with Crippen LogP contribution in [0, 0.1) is 12.7 Å². The van der Waals surface area contributed by atoms with E-state index < -0.39 is 5.91 Å². The summed E-state index contributed by atoms with van der Waals surface area (Å²) in [5, 5.41) is 7.40. The molecule has 178 valence electrons. The van der Waals surface area contributed by atoms with E-state index in [0.717, 1.165) is 4.47 Å². The first-order valence-corrected chi connectivity index (χ1v) is 12.5. The number of amides is 1. The number of fused-ring (bicyclic) bond motifs is 1. The maximum absolute atomic E-state index is 13.0. The number of rotatable bonds is 6. The molecule has 0 atom stereocenters. The Kier molecular flexibility index (Phi) is 7.78. The molecule has 4 rings (SSSR count). The smallest absolute Gasteiger partial charge is 0.282 e. The monoisotopic (exact) mass is 664 g/mol. The van der Waals surface area contributed by atoms with E-state index in [2.05, 4.69) is 63.2 Å². The lowest BCUT2D eigenvalue weighted by Gasteiger charge is -2.12. The molecule has 0 aliphatic rings. The molecular weight excluding hydrogens is 651 g/mol. The van der Waals surface area contributed by atoms with Crippen molar-refractivity contribution in [2.75, 3.05) is 11.9 Å². The fourth-order valence-corrected chi connectivity index (χ4v) is 4.99. The van der Waals surface area contributed by atoms with Gasteiger partial charge in [0.15, 0.2) is 6.61 Å². The number of hydrogen-bond donors (Lipinski definition) is 1. The highest BCUT2D eigenvalue weighted by atomic mass is 79.9. The van der Waals surface area contributed by atoms with Crippen molar-refractivity contribution in [1.82, 2.24) is 9.66 Å². The van der Waals surface area contributed by atoms with E-state index in [1.807, 2.05) is 6.07 Å². The predicted octanol–water partition coefficient (Wildman–Crippen LogP) is 6.03. The third-order valence-corrected chi connectivity index (χ3v) is 6.46. The second-order valence-electron chi connectivity index (χ2n) is 7.34. The van der Waals surface area contributed by atoms with E-state index in [4.69, 9.17) is 4.74 Å². The lowest BCUT2D eigenvalue weighted by molar-refractivity contribution is -0.118. The van der Waals surface area contributed by atoms with E-state index in [9.17, 15) is 14.0 Å². The molecule has 1 amide bonds. The summed E-state index contributed by atoms with van der Waals surface area (Å²) in [7, 11) is 0. The van der Waals surface area contributed by atoms with Gasteiger partial charge in [-0.1, -0.05) is 15.9 Å². The van der Waals surface area contributed by atoms with E-state index in [1.54, 1.807) is 31.2 Å². The number of nitrogens with zero attached hydrogens (tertiary/aromatic N) is 3. The largest absolute Gasteiger partial charge is 0.481 e. The number of nitrogens with one attached hydrogen (secondary N) is 1. The van der Waals surface area contributed by atoms with E-state index >= 15 is 0 Å². The zero-order chi connectivity index (χ0) is 25.1. The maximum Gasteiger partial charge on any atom is 0.282 e. The molecule has 0 bridgehead atoms. The van der Waals surface area contributed by atoms with Crippen LogP contribution in [0.3, 0.4) is 0 Å². The van der Waals surface area contributed by atoms with Gasteiger partial charge in [0.2, 0.25) is 0 Å². The molecule has 0 aliphatic carbocycles. The Labute approximate surface area is 224 Å². The first-order valence-electron chi connectivity index (χ1n) is 10.1. The molecule has 1 heterocycles. The SMILES string of the molecule is Cc1nc2ccc(Br)cc2c(=O)n1N=Cc1cc(Br)c(OCC(=O)Nc2ccc(F)cc2)c(Br)c1. The average Bonchev–Trinajstić information content (AvgIpc) is 2.80. The van der Waals surface area contributed by atoms with Crippen molar-refractivity contribution < 1.29 is 13.9 Å². The molecular formula is C24H16Br3FN4O3. The molecule has 1 N–H and O–H groups in total. The van der Waals surface area contributed by atoms with Crippen LogP contribution in [0.4, 0.5) is 10.1 Å². The summed E-state index contributed by atoms with van der Waals surface area (Å²) in [6.07, 6.45) is 1.53. The Morgan fingerprint density at radius 3 is 2.49 bits per heavy atom. The summed E-state index contributed by atoms with van der Waals surface area (Å²) < 4.78 is 21.8. The number of aryl methyl sites for hydroxylation is 1. The third-order valence-electron chi connectivity index (χ3n) is 4.79. The Bertz CT molecular complexity index is 1500. The van der Waals surface area contributed by atoms with Crippen molar-refractivity contribution >= 4 is 76.5 Å². The van der Waals surface area contributed by atoms with Crippen molar-refractivity contribution in [2.45, 2.75) is 6.92 Å². The molecule has 4 aromatic rings. The van der Waals surface area contributed by atoms with Crippen LogP contribution >= 0.6 is 47.8 Å². The fourth-order valence-electron chi connectivity index (χ4n) is 3.18. The molecule has 35 heavy (non-hydrogen) atoms. The molecule has 0 saturated carbocycles. The van der Waals surface area contributed by atoms with Gasteiger partial charge < -0.3 is 10.1 Å². The minimum absolute atomic E-state index is 0.255. The van der Waals surface area contributed by atoms with Gasteiger partial charge in [0.25, 0.3) is 11.5 Å². The Hall–Kier alpha value is -2.89. The van der Waals surface area contributed by atoms with Crippen molar-refractivity contribution in [3.8, 4) is 5.75 Å². The maximum atomic E-state index is 13.0. The van der Waals surface area contributed by atoms with Gasteiger partial charge >= 0.3 is 0 Å². The summed E-state index contributed by atoms with van der Waals surface area (Å²) in [5.41, 5.74) is 1.45. The molecule has 0 fully saturated rings. The van der Waals surface area contributed by atoms with Gasteiger partial charge in [-0.25, -0.2) is 9.37 Å². The van der Waals surface area contributed by atoms with Crippen LogP contribution in [0.5, 0.6) is 5.75 Å². The molecule has 0 aliphatic heterocycles. The fraction of sp³-hybridized carbons (Fsp3) is 0.0833. The predicted molar refractivity (Wildman–Crippen MR) is 144 cm³/mol. The van der Waals surface area contributed by atoms with Gasteiger partial charge in [-0.15, -0.1) is 0 Å². The summed E-state index contributed by atoms with van der Waals surface area (Å²) in [5.74, 6) is 0.0837. The molecule has 11 heteroatoms. The van der Waals surface area contributed by atoms with E-state index in [-0.39, 0.29) is 18.0 Å². The van der Waals surface area contributed by atoms with Crippen LogP contribution in [0.25, 0.3) is 10.9 Å². The Balaban J connectivity index is 1.50. The van der Waals surface area contributed by atoms with Crippen molar-refractivity contribution in [3.63, 3.8) is 0 Å². The summed E-state index contributed by atoms with van der Waals surface area (Å²) in [6, 6.07) is 14.2. The number of ether oxygens (including phenoxy) is 1. The molecule has 0 unspecified atom stereocenters. The van der Waals surface area contributed by atoms with Gasteiger partial charge in [0.1, 0.15) is 17.4 Å². The van der Waals surface area contributed by atoms with Crippen LogP contribution in [-0.4, -0.2) is 28.4 Å². The van der Waals surface area contributed by atoms with Crippen LogP contribution in [-0.2, 0) is 4.79 Å².